The van der Waals surface area contributed by atoms with Crippen LogP contribution in [-0.2, 0) is 11.3 Å². The SMILES string of the molecule is O=C(CN1CCn2cccc2C1c1ccc(Cl)cc1)N1CCN(c2ccc([N+](=O)[O-])cc2)CC1. The summed E-state index contributed by atoms with van der Waals surface area (Å²) in [7, 11) is 0. The molecule has 34 heavy (non-hydrogen) atoms. The average Bonchev–Trinajstić information content (AvgIpc) is 3.34. The number of piperazine rings is 1. The van der Waals surface area contributed by atoms with Gasteiger partial charge in [0.1, 0.15) is 0 Å². The number of halogens is 1. The van der Waals surface area contributed by atoms with Gasteiger partial charge in [0.15, 0.2) is 0 Å². The Bertz CT molecular complexity index is 1170. The van der Waals surface area contributed by atoms with E-state index in [0.717, 1.165) is 24.3 Å². The van der Waals surface area contributed by atoms with Crippen LogP contribution in [-0.4, -0.2) is 64.5 Å². The number of nitrogens with zero attached hydrogens (tertiary/aromatic N) is 5. The van der Waals surface area contributed by atoms with Crippen LogP contribution in [0.2, 0.25) is 5.02 Å². The van der Waals surface area contributed by atoms with Crippen LogP contribution in [0.15, 0.2) is 66.9 Å². The summed E-state index contributed by atoms with van der Waals surface area (Å²) in [6.45, 7) is 4.67. The van der Waals surface area contributed by atoms with Crippen molar-refractivity contribution in [2.24, 2.45) is 0 Å². The maximum absolute atomic E-state index is 13.3. The van der Waals surface area contributed by atoms with Gasteiger partial charge in [0.05, 0.1) is 17.5 Å². The second-order valence-corrected chi connectivity index (χ2v) is 9.13. The summed E-state index contributed by atoms with van der Waals surface area (Å²) in [5.41, 5.74) is 3.34. The molecule has 1 fully saturated rings. The Morgan fingerprint density at radius 1 is 0.941 bits per heavy atom. The molecule has 1 aromatic heterocycles. The molecule has 176 valence electrons. The normalized spacial score (nSPS) is 18.6. The molecule has 2 aliphatic rings. The summed E-state index contributed by atoms with van der Waals surface area (Å²) in [4.78, 5) is 30.1. The minimum atomic E-state index is -0.394. The Kier molecular flexibility index (Phi) is 6.26. The molecule has 2 aliphatic heterocycles. The molecule has 1 amide bonds. The van der Waals surface area contributed by atoms with Gasteiger partial charge in [-0.2, -0.15) is 0 Å². The van der Waals surface area contributed by atoms with Crippen molar-refractivity contribution in [3.63, 3.8) is 0 Å². The number of aromatic nitrogens is 1. The van der Waals surface area contributed by atoms with Crippen LogP contribution in [0, 0.1) is 10.1 Å². The predicted octanol–water partition coefficient (Wildman–Crippen LogP) is 3.80. The quantitative estimate of drug-likeness (QED) is 0.411. The summed E-state index contributed by atoms with van der Waals surface area (Å²) < 4.78 is 2.25. The Labute approximate surface area is 203 Å². The number of anilines is 1. The molecule has 0 radical (unpaired) electrons. The molecule has 8 nitrogen and oxygen atoms in total. The molecular formula is C25H26ClN5O3. The van der Waals surface area contributed by atoms with E-state index in [0.29, 0.717) is 37.7 Å². The third-order valence-electron chi connectivity index (χ3n) is 6.72. The highest BCUT2D eigenvalue weighted by Gasteiger charge is 2.32. The number of rotatable bonds is 5. The number of nitro benzene ring substituents is 1. The second-order valence-electron chi connectivity index (χ2n) is 8.69. The standard InChI is InChI=1S/C25H26ClN5O3/c26-20-5-3-19(4-6-20)25-23-2-1-11-28(23)14-17-30(25)18-24(32)29-15-12-27(13-16-29)21-7-9-22(10-8-21)31(33)34/h1-11,25H,12-18H2. The molecule has 1 atom stereocenters. The maximum Gasteiger partial charge on any atom is 0.269 e. The summed E-state index contributed by atoms with van der Waals surface area (Å²) in [6.07, 6.45) is 2.09. The van der Waals surface area contributed by atoms with Gasteiger partial charge in [-0.05, 0) is 42.0 Å². The van der Waals surface area contributed by atoms with E-state index in [9.17, 15) is 14.9 Å². The van der Waals surface area contributed by atoms with Crippen LogP contribution in [0.3, 0.4) is 0 Å². The Morgan fingerprint density at radius 3 is 2.32 bits per heavy atom. The molecular weight excluding hydrogens is 454 g/mol. The molecule has 3 heterocycles. The number of amides is 1. The fourth-order valence-corrected chi connectivity index (χ4v) is 5.03. The zero-order valence-corrected chi connectivity index (χ0v) is 19.5. The van der Waals surface area contributed by atoms with Gasteiger partial charge in [0, 0.05) is 74.0 Å². The molecule has 1 saturated heterocycles. The van der Waals surface area contributed by atoms with E-state index in [1.54, 1.807) is 12.1 Å². The van der Waals surface area contributed by atoms with Gasteiger partial charge in [0.2, 0.25) is 5.91 Å². The van der Waals surface area contributed by atoms with Crippen LogP contribution in [0.25, 0.3) is 0 Å². The van der Waals surface area contributed by atoms with Crippen molar-refractivity contribution in [1.82, 2.24) is 14.4 Å². The van der Waals surface area contributed by atoms with Gasteiger partial charge >= 0.3 is 0 Å². The van der Waals surface area contributed by atoms with E-state index in [-0.39, 0.29) is 17.6 Å². The van der Waals surface area contributed by atoms with Crippen molar-refractivity contribution >= 4 is 28.9 Å². The summed E-state index contributed by atoms with van der Waals surface area (Å²) >= 11 is 6.12. The van der Waals surface area contributed by atoms with E-state index in [2.05, 4.69) is 32.7 Å². The lowest BCUT2D eigenvalue weighted by Crippen LogP contribution is -2.52. The number of non-ortho nitro benzene ring substituents is 1. The molecule has 0 saturated carbocycles. The minimum absolute atomic E-state index is 0.00589. The smallest absolute Gasteiger partial charge is 0.269 e. The molecule has 5 rings (SSSR count). The van der Waals surface area contributed by atoms with E-state index in [1.165, 1.54) is 17.8 Å². The zero-order chi connectivity index (χ0) is 23.7. The van der Waals surface area contributed by atoms with Crippen molar-refractivity contribution in [2.75, 3.05) is 44.2 Å². The highest BCUT2D eigenvalue weighted by molar-refractivity contribution is 6.30. The first-order valence-corrected chi connectivity index (χ1v) is 11.8. The number of hydrogen-bond acceptors (Lipinski definition) is 5. The lowest BCUT2D eigenvalue weighted by atomic mass is 10.00. The molecule has 9 heteroatoms. The molecule has 0 N–H and O–H groups in total. The van der Waals surface area contributed by atoms with Crippen molar-refractivity contribution in [2.45, 2.75) is 12.6 Å². The zero-order valence-electron chi connectivity index (χ0n) is 18.7. The topological polar surface area (TPSA) is 74.9 Å². The van der Waals surface area contributed by atoms with Crippen molar-refractivity contribution in [1.29, 1.82) is 0 Å². The lowest BCUT2D eigenvalue weighted by Gasteiger charge is -2.40. The van der Waals surface area contributed by atoms with Crippen LogP contribution in [0.4, 0.5) is 11.4 Å². The second kappa shape index (κ2) is 9.48. The number of carbonyl (C=O) groups excluding carboxylic acids is 1. The van der Waals surface area contributed by atoms with Crippen LogP contribution in [0.5, 0.6) is 0 Å². The highest BCUT2D eigenvalue weighted by atomic mass is 35.5. The van der Waals surface area contributed by atoms with Crippen molar-refractivity contribution in [3.8, 4) is 0 Å². The van der Waals surface area contributed by atoms with Crippen molar-refractivity contribution in [3.05, 3.63) is 93.3 Å². The molecule has 0 aliphatic carbocycles. The Balaban J connectivity index is 1.25. The third kappa shape index (κ3) is 4.51. The summed E-state index contributed by atoms with van der Waals surface area (Å²) in [5, 5.41) is 11.6. The predicted molar refractivity (Wildman–Crippen MR) is 131 cm³/mol. The third-order valence-corrected chi connectivity index (χ3v) is 6.97. The average molecular weight is 480 g/mol. The van der Waals surface area contributed by atoms with Gasteiger partial charge in [-0.3, -0.25) is 19.8 Å². The fraction of sp³-hybridized carbons (Fsp3) is 0.320. The first-order chi connectivity index (χ1) is 16.5. The van der Waals surface area contributed by atoms with Gasteiger partial charge in [0.25, 0.3) is 5.69 Å². The van der Waals surface area contributed by atoms with Gasteiger partial charge < -0.3 is 14.4 Å². The summed E-state index contributed by atoms with van der Waals surface area (Å²) in [5.74, 6) is 0.127. The number of hydrogen-bond donors (Lipinski definition) is 0. The molecule has 1 unspecified atom stereocenters. The number of nitro groups is 1. The first-order valence-electron chi connectivity index (χ1n) is 11.4. The van der Waals surface area contributed by atoms with Crippen LogP contribution < -0.4 is 4.90 Å². The molecule has 3 aromatic rings. The van der Waals surface area contributed by atoms with E-state index >= 15 is 0 Å². The maximum atomic E-state index is 13.3. The Morgan fingerprint density at radius 2 is 1.65 bits per heavy atom. The molecule has 0 bridgehead atoms. The highest BCUT2D eigenvalue weighted by Crippen LogP contribution is 2.33. The lowest BCUT2D eigenvalue weighted by molar-refractivity contribution is -0.384. The van der Waals surface area contributed by atoms with Crippen LogP contribution >= 0.6 is 11.6 Å². The number of carbonyl (C=O) groups is 1. The van der Waals surface area contributed by atoms with Crippen LogP contribution in [0.1, 0.15) is 17.3 Å². The van der Waals surface area contributed by atoms with E-state index < -0.39 is 4.92 Å². The molecule has 2 aromatic carbocycles. The minimum Gasteiger partial charge on any atom is -0.368 e. The molecule has 0 spiro atoms. The summed E-state index contributed by atoms with van der Waals surface area (Å²) in [6, 6.07) is 18.7. The largest absolute Gasteiger partial charge is 0.368 e. The first kappa shape index (κ1) is 22.4. The number of fused-ring (bicyclic) bond motifs is 1. The van der Waals surface area contributed by atoms with E-state index in [1.807, 2.05) is 29.2 Å². The van der Waals surface area contributed by atoms with Gasteiger partial charge in [-0.1, -0.05) is 23.7 Å². The van der Waals surface area contributed by atoms with E-state index in [4.69, 9.17) is 11.6 Å². The van der Waals surface area contributed by atoms with Gasteiger partial charge in [-0.15, -0.1) is 0 Å². The van der Waals surface area contributed by atoms with Crippen molar-refractivity contribution < 1.29 is 9.72 Å². The Hall–Kier alpha value is -3.36. The fourth-order valence-electron chi connectivity index (χ4n) is 4.90. The number of benzene rings is 2. The monoisotopic (exact) mass is 479 g/mol. The van der Waals surface area contributed by atoms with Gasteiger partial charge in [-0.25, -0.2) is 0 Å².